The molecular formula is C18H18N2O5S. The maximum absolute atomic E-state index is 12.3. The van der Waals surface area contributed by atoms with E-state index in [1.807, 2.05) is 6.07 Å². The number of sulfone groups is 1. The lowest BCUT2D eigenvalue weighted by molar-refractivity contribution is 0.0882. The normalized spacial score (nSPS) is 21.1. The molecule has 1 N–H and O–H groups in total. The second-order valence-electron chi connectivity index (χ2n) is 6.52. The van der Waals surface area contributed by atoms with Crippen LogP contribution >= 0.6 is 0 Å². The topological polar surface area (TPSA) is 109 Å². The van der Waals surface area contributed by atoms with Crippen LogP contribution in [0.5, 0.6) is 5.75 Å². The van der Waals surface area contributed by atoms with Crippen LogP contribution < -0.4 is 10.1 Å². The molecule has 26 heavy (non-hydrogen) atoms. The van der Waals surface area contributed by atoms with Gasteiger partial charge in [0.2, 0.25) is 0 Å². The molecule has 0 bridgehead atoms. The van der Waals surface area contributed by atoms with Crippen molar-refractivity contribution >= 4 is 15.7 Å². The fourth-order valence-corrected chi connectivity index (χ4v) is 4.95. The molecule has 3 rings (SSSR count). The molecule has 1 amide bonds. The average Bonchev–Trinajstić information content (AvgIpc) is 3.17. The van der Waals surface area contributed by atoms with Gasteiger partial charge in [-0.15, -0.1) is 0 Å². The second-order valence-corrected chi connectivity index (χ2v) is 8.70. The second kappa shape index (κ2) is 6.84. The summed E-state index contributed by atoms with van der Waals surface area (Å²) in [6.45, 7) is 1.78. The molecule has 1 saturated heterocycles. The molecule has 1 atom stereocenters. The highest BCUT2D eigenvalue weighted by Crippen LogP contribution is 2.24. The van der Waals surface area contributed by atoms with E-state index in [1.165, 1.54) is 6.07 Å². The molecule has 8 heteroatoms. The third-order valence-corrected chi connectivity index (χ3v) is 6.08. The minimum Gasteiger partial charge on any atom is -0.484 e. The zero-order valence-corrected chi connectivity index (χ0v) is 15.0. The van der Waals surface area contributed by atoms with Gasteiger partial charge in [-0.25, -0.2) is 8.42 Å². The molecule has 0 saturated carbocycles. The number of ether oxygens (including phenoxy) is 1. The predicted molar refractivity (Wildman–Crippen MR) is 93.3 cm³/mol. The van der Waals surface area contributed by atoms with Crippen molar-refractivity contribution in [3.8, 4) is 11.8 Å². The number of carbonyl (C=O) groups excluding carboxylic acids is 1. The third-order valence-electron chi connectivity index (χ3n) is 4.18. The van der Waals surface area contributed by atoms with E-state index in [0.29, 0.717) is 23.5 Å². The highest BCUT2D eigenvalue weighted by atomic mass is 32.2. The van der Waals surface area contributed by atoms with Gasteiger partial charge in [-0.2, -0.15) is 5.26 Å². The quantitative estimate of drug-likeness (QED) is 0.858. The Morgan fingerprint density at radius 2 is 2.12 bits per heavy atom. The molecule has 1 aromatic heterocycles. The van der Waals surface area contributed by atoms with E-state index >= 15 is 0 Å². The first-order valence-electron chi connectivity index (χ1n) is 8.04. The average molecular weight is 374 g/mol. The molecule has 2 heterocycles. The van der Waals surface area contributed by atoms with Gasteiger partial charge >= 0.3 is 0 Å². The van der Waals surface area contributed by atoms with Gasteiger partial charge in [0, 0.05) is 0 Å². The molecule has 1 aliphatic heterocycles. The number of nitrogens with one attached hydrogen (secondary N) is 1. The molecule has 1 aliphatic rings. The van der Waals surface area contributed by atoms with Crippen LogP contribution in [0.1, 0.15) is 35.2 Å². The summed E-state index contributed by atoms with van der Waals surface area (Å²) < 4.78 is 34.3. The highest BCUT2D eigenvalue weighted by molar-refractivity contribution is 7.91. The number of para-hydroxylation sites is 1. The number of benzene rings is 1. The monoisotopic (exact) mass is 374 g/mol. The molecule has 0 radical (unpaired) electrons. The van der Waals surface area contributed by atoms with E-state index in [0.717, 1.165) is 0 Å². The van der Waals surface area contributed by atoms with Crippen LogP contribution in [0.4, 0.5) is 0 Å². The Morgan fingerprint density at radius 3 is 2.81 bits per heavy atom. The highest BCUT2D eigenvalue weighted by Gasteiger charge is 2.39. The first-order chi connectivity index (χ1) is 12.3. The first kappa shape index (κ1) is 18.0. The van der Waals surface area contributed by atoms with E-state index in [9.17, 15) is 13.2 Å². The molecule has 7 nitrogen and oxygen atoms in total. The van der Waals surface area contributed by atoms with Crippen LogP contribution in [0.25, 0.3) is 0 Å². The summed E-state index contributed by atoms with van der Waals surface area (Å²) in [7, 11) is -3.11. The lowest BCUT2D eigenvalue weighted by atomic mass is 10.0. The number of hydrogen-bond donors (Lipinski definition) is 1. The smallest absolute Gasteiger partial charge is 0.287 e. The minimum atomic E-state index is -3.11. The van der Waals surface area contributed by atoms with Gasteiger partial charge in [-0.3, -0.25) is 4.79 Å². The molecular weight excluding hydrogens is 356 g/mol. The summed E-state index contributed by atoms with van der Waals surface area (Å²) in [5, 5.41) is 11.8. The van der Waals surface area contributed by atoms with Gasteiger partial charge < -0.3 is 14.5 Å². The van der Waals surface area contributed by atoms with Crippen molar-refractivity contribution in [2.24, 2.45) is 0 Å². The van der Waals surface area contributed by atoms with E-state index in [-0.39, 0.29) is 23.9 Å². The van der Waals surface area contributed by atoms with Gasteiger partial charge in [0.05, 0.1) is 22.6 Å². The maximum atomic E-state index is 12.3. The lowest BCUT2D eigenvalue weighted by Crippen LogP contribution is -2.46. The summed E-state index contributed by atoms with van der Waals surface area (Å²) >= 11 is 0. The largest absolute Gasteiger partial charge is 0.484 e. The van der Waals surface area contributed by atoms with Crippen LogP contribution in [0, 0.1) is 11.3 Å². The summed E-state index contributed by atoms with van der Waals surface area (Å²) in [6.07, 6.45) is 0.378. The summed E-state index contributed by atoms with van der Waals surface area (Å²) in [4.78, 5) is 12.3. The Balaban J connectivity index is 1.63. The molecule has 0 aliphatic carbocycles. The van der Waals surface area contributed by atoms with E-state index < -0.39 is 21.3 Å². The standard InChI is InChI=1S/C18H18N2O5S/c1-18(8-9-26(22,23)12-18)20-17(21)16-7-6-14(25-16)11-24-15-5-3-2-4-13(15)10-19/h2-7H,8-9,11-12H2,1H3,(H,20,21)/t18-/m1/s1. The maximum Gasteiger partial charge on any atom is 0.287 e. The minimum absolute atomic E-state index is 0.0671. The molecule has 2 aromatic rings. The zero-order valence-electron chi connectivity index (χ0n) is 14.2. The molecule has 1 aromatic carbocycles. The lowest BCUT2D eigenvalue weighted by Gasteiger charge is -2.23. The SMILES string of the molecule is C[C@@]1(NC(=O)c2ccc(COc3ccccc3C#N)o2)CCS(=O)(=O)C1. The first-order valence-corrected chi connectivity index (χ1v) is 9.86. The van der Waals surface area contributed by atoms with Crippen molar-refractivity contribution in [2.75, 3.05) is 11.5 Å². The zero-order chi connectivity index (χ0) is 18.8. The van der Waals surface area contributed by atoms with Gasteiger partial charge in [0.25, 0.3) is 5.91 Å². The number of amides is 1. The van der Waals surface area contributed by atoms with Gasteiger partial charge in [-0.05, 0) is 37.6 Å². The van der Waals surface area contributed by atoms with Gasteiger partial charge in [0.1, 0.15) is 24.2 Å². The number of hydrogen-bond acceptors (Lipinski definition) is 6. The Labute approximate surface area is 151 Å². The number of rotatable bonds is 5. The third kappa shape index (κ3) is 4.06. The van der Waals surface area contributed by atoms with Crippen molar-refractivity contribution in [3.05, 3.63) is 53.5 Å². The number of furan rings is 1. The van der Waals surface area contributed by atoms with Crippen molar-refractivity contribution in [3.63, 3.8) is 0 Å². The summed E-state index contributed by atoms with van der Waals surface area (Å²) in [5.74, 6) is 0.469. The summed E-state index contributed by atoms with van der Waals surface area (Å²) in [5.41, 5.74) is -0.377. The number of nitrogens with zero attached hydrogens (tertiary/aromatic N) is 1. The fraction of sp³-hybridized carbons (Fsp3) is 0.333. The van der Waals surface area contributed by atoms with Crippen molar-refractivity contribution < 1.29 is 22.4 Å². The molecule has 0 unspecified atom stereocenters. The molecule has 0 spiro atoms. The number of carbonyl (C=O) groups is 1. The number of nitriles is 1. The Bertz CT molecular complexity index is 973. The van der Waals surface area contributed by atoms with Crippen LogP contribution in [0.15, 0.2) is 40.8 Å². The van der Waals surface area contributed by atoms with Crippen LogP contribution in [0.2, 0.25) is 0 Å². The van der Waals surface area contributed by atoms with E-state index in [4.69, 9.17) is 14.4 Å². The van der Waals surface area contributed by atoms with E-state index in [2.05, 4.69) is 5.32 Å². The molecule has 1 fully saturated rings. The van der Waals surface area contributed by atoms with Crippen LogP contribution in [-0.2, 0) is 16.4 Å². The Morgan fingerprint density at radius 1 is 1.35 bits per heavy atom. The van der Waals surface area contributed by atoms with Crippen LogP contribution in [0.3, 0.4) is 0 Å². The Hall–Kier alpha value is -2.79. The van der Waals surface area contributed by atoms with Crippen LogP contribution in [-0.4, -0.2) is 31.4 Å². The van der Waals surface area contributed by atoms with Gasteiger partial charge in [0.15, 0.2) is 15.6 Å². The van der Waals surface area contributed by atoms with Crippen molar-refractivity contribution in [1.82, 2.24) is 5.32 Å². The van der Waals surface area contributed by atoms with Crippen molar-refractivity contribution in [1.29, 1.82) is 5.26 Å². The van der Waals surface area contributed by atoms with E-state index in [1.54, 1.807) is 37.3 Å². The Kier molecular flexibility index (Phi) is 4.74. The summed E-state index contributed by atoms with van der Waals surface area (Å²) in [6, 6.07) is 12.0. The van der Waals surface area contributed by atoms with Crippen molar-refractivity contribution in [2.45, 2.75) is 25.5 Å². The van der Waals surface area contributed by atoms with Gasteiger partial charge in [-0.1, -0.05) is 12.1 Å². The molecule has 136 valence electrons. The fourth-order valence-electron chi connectivity index (χ4n) is 2.86. The predicted octanol–water partition coefficient (Wildman–Crippen LogP) is 2.04.